The van der Waals surface area contributed by atoms with E-state index in [9.17, 15) is 18.3 Å². The summed E-state index contributed by atoms with van der Waals surface area (Å²) < 4.78 is 22.4. The second kappa shape index (κ2) is 4.98. The van der Waals surface area contributed by atoms with Crippen molar-refractivity contribution in [2.24, 2.45) is 0 Å². The lowest BCUT2D eigenvalue weighted by atomic mass is 9.98. The van der Waals surface area contributed by atoms with Gasteiger partial charge in [-0.3, -0.25) is 0 Å². The molecule has 0 aliphatic carbocycles. The minimum atomic E-state index is -3.17. The number of aldehydes is 1. The normalized spacial score (nSPS) is 15.2. The highest BCUT2D eigenvalue weighted by molar-refractivity contribution is 7.90. The summed E-state index contributed by atoms with van der Waals surface area (Å²) in [6.07, 6.45) is 2.50. The van der Waals surface area contributed by atoms with Crippen LogP contribution in [0.1, 0.15) is 18.9 Å². The van der Waals surface area contributed by atoms with Crippen molar-refractivity contribution in [3.05, 3.63) is 29.8 Å². The molecule has 0 saturated heterocycles. The molecule has 17 heavy (non-hydrogen) atoms. The Hall–Kier alpha value is -1.20. The molecule has 1 unspecified atom stereocenters. The molecule has 0 aromatic heterocycles. The minimum absolute atomic E-state index is 0.267. The Morgan fingerprint density at radius 2 is 1.82 bits per heavy atom. The third kappa shape index (κ3) is 4.28. The van der Waals surface area contributed by atoms with E-state index in [1.54, 1.807) is 12.1 Å². The van der Waals surface area contributed by atoms with Crippen molar-refractivity contribution in [2.45, 2.75) is 30.3 Å². The predicted octanol–water partition coefficient (Wildman–Crippen LogP) is 0.973. The molecule has 1 rings (SSSR count). The van der Waals surface area contributed by atoms with Crippen LogP contribution in [0.4, 0.5) is 0 Å². The number of hydrogen-bond donors (Lipinski definition) is 1. The second-order valence-electron chi connectivity index (χ2n) is 4.39. The Balaban J connectivity index is 2.73. The molecule has 0 saturated carbocycles. The summed E-state index contributed by atoms with van der Waals surface area (Å²) in [7, 11) is -3.17. The molecular formula is C12H16O4S. The molecule has 0 amide bonds. The van der Waals surface area contributed by atoms with E-state index in [-0.39, 0.29) is 4.90 Å². The Morgan fingerprint density at radius 3 is 2.24 bits per heavy atom. The van der Waals surface area contributed by atoms with Crippen molar-refractivity contribution in [1.29, 1.82) is 0 Å². The molecule has 4 nitrogen and oxygen atoms in total. The Bertz CT molecular complexity index is 486. The molecule has 1 aromatic carbocycles. The minimum Gasteiger partial charge on any atom is -0.383 e. The highest BCUT2D eigenvalue weighted by Crippen LogP contribution is 2.15. The van der Waals surface area contributed by atoms with Gasteiger partial charge in [0.15, 0.2) is 16.1 Å². The van der Waals surface area contributed by atoms with E-state index in [1.807, 2.05) is 0 Å². The van der Waals surface area contributed by atoms with Crippen molar-refractivity contribution in [2.75, 3.05) is 6.26 Å². The Labute approximate surface area is 101 Å². The summed E-state index contributed by atoms with van der Waals surface area (Å²) in [6, 6.07) is 6.44. The Morgan fingerprint density at radius 1 is 1.29 bits per heavy atom. The monoisotopic (exact) mass is 256 g/mol. The fourth-order valence-electron chi connectivity index (χ4n) is 1.36. The van der Waals surface area contributed by atoms with Crippen molar-refractivity contribution in [3.8, 4) is 0 Å². The van der Waals surface area contributed by atoms with Gasteiger partial charge in [-0.15, -0.1) is 0 Å². The molecule has 5 heteroatoms. The molecule has 0 fully saturated rings. The molecule has 1 atom stereocenters. The molecule has 0 heterocycles. The zero-order chi connectivity index (χ0) is 13.1. The first-order valence-electron chi connectivity index (χ1n) is 5.22. The summed E-state index contributed by atoms with van der Waals surface area (Å²) in [6.45, 7) is 1.45. The smallest absolute Gasteiger partial charge is 0.175 e. The largest absolute Gasteiger partial charge is 0.383 e. The molecule has 0 aliphatic rings. The van der Waals surface area contributed by atoms with Crippen LogP contribution < -0.4 is 0 Å². The van der Waals surface area contributed by atoms with Crippen LogP contribution in [0.3, 0.4) is 0 Å². The summed E-state index contributed by atoms with van der Waals surface area (Å²) >= 11 is 0. The van der Waals surface area contributed by atoms with Crippen molar-refractivity contribution in [1.82, 2.24) is 0 Å². The van der Waals surface area contributed by atoms with E-state index >= 15 is 0 Å². The maximum absolute atomic E-state index is 11.2. The van der Waals surface area contributed by atoms with Crippen LogP contribution in [0.25, 0.3) is 0 Å². The van der Waals surface area contributed by atoms with Gasteiger partial charge >= 0.3 is 0 Å². The van der Waals surface area contributed by atoms with E-state index < -0.39 is 15.4 Å². The number of aliphatic hydroxyl groups is 1. The number of benzene rings is 1. The standard InChI is InChI=1S/C12H16O4S/c1-12(14,9-13)8-7-10-3-5-11(6-4-10)17(2,15)16/h3-6,9,14H,7-8H2,1-2H3. The van der Waals surface area contributed by atoms with Crippen LogP contribution in [0, 0.1) is 0 Å². The number of hydrogen-bond acceptors (Lipinski definition) is 4. The fourth-order valence-corrected chi connectivity index (χ4v) is 1.99. The van der Waals surface area contributed by atoms with E-state index in [2.05, 4.69) is 0 Å². The predicted molar refractivity (Wildman–Crippen MR) is 64.6 cm³/mol. The van der Waals surface area contributed by atoms with Gasteiger partial charge in [0, 0.05) is 6.26 Å². The summed E-state index contributed by atoms with van der Waals surface area (Å²) in [5.41, 5.74) is -0.435. The third-order valence-corrected chi connectivity index (χ3v) is 3.65. The van der Waals surface area contributed by atoms with Gasteiger partial charge in [-0.2, -0.15) is 0 Å². The van der Waals surface area contributed by atoms with Gasteiger partial charge in [-0.1, -0.05) is 12.1 Å². The molecule has 1 N–H and O–H groups in total. The first-order valence-corrected chi connectivity index (χ1v) is 7.11. The van der Waals surface area contributed by atoms with Gasteiger partial charge in [0.25, 0.3) is 0 Å². The molecule has 0 aliphatic heterocycles. The first-order chi connectivity index (χ1) is 7.74. The zero-order valence-corrected chi connectivity index (χ0v) is 10.7. The van der Waals surface area contributed by atoms with E-state index in [0.717, 1.165) is 11.8 Å². The lowest BCUT2D eigenvalue weighted by Gasteiger charge is -2.15. The third-order valence-electron chi connectivity index (χ3n) is 2.53. The van der Waals surface area contributed by atoms with Crippen LogP contribution >= 0.6 is 0 Å². The first kappa shape index (κ1) is 13.9. The number of rotatable bonds is 5. The molecule has 1 aromatic rings. The van der Waals surface area contributed by atoms with Crippen molar-refractivity contribution < 1.29 is 18.3 Å². The fraction of sp³-hybridized carbons (Fsp3) is 0.417. The Kier molecular flexibility index (Phi) is 4.06. The highest BCUT2D eigenvalue weighted by Gasteiger charge is 2.18. The summed E-state index contributed by atoms with van der Waals surface area (Å²) in [4.78, 5) is 10.8. The maximum atomic E-state index is 11.2. The number of sulfone groups is 1. The van der Waals surface area contributed by atoms with Crippen LogP contribution in [0.15, 0.2) is 29.2 Å². The molecule has 0 radical (unpaired) electrons. The zero-order valence-electron chi connectivity index (χ0n) is 9.88. The van der Waals surface area contributed by atoms with Gasteiger partial charge in [-0.05, 0) is 37.5 Å². The van der Waals surface area contributed by atoms with Crippen molar-refractivity contribution in [3.63, 3.8) is 0 Å². The molecular weight excluding hydrogens is 240 g/mol. The maximum Gasteiger partial charge on any atom is 0.175 e. The van der Waals surface area contributed by atoms with E-state index in [4.69, 9.17) is 0 Å². The van der Waals surface area contributed by atoms with Crippen LogP contribution in [-0.2, 0) is 21.1 Å². The van der Waals surface area contributed by atoms with Gasteiger partial charge in [0.2, 0.25) is 0 Å². The molecule has 0 spiro atoms. The summed E-state index contributed by atoms with van der Waals surface area (Å²) in [5, 5.41) is 9.50. The topological polar surface area (TPSA) is 71.4 Å². The van der Waals surface area contributed by atoms with Crippen LogP contribution in [0.2, 0.25) is 0 Å². The van der Waals surface area contributed by atoms with Gasteiger partial charge in [-0.25, -0.2) is 8.42 Å². The SMILES string of the molecule is CC(O)(C=O)CCc1ccc(S(C)(=O)=O)cc1. The number of aryl methyl sites for hydroxylation is 1. The average Bonchev–Trinajstić information content (AvgIpc) is 2.26. The van der Waals surface area contributed by atoms with Crippen molar-refractivity contribution >= 4 is 16.1 Å². The average molecular weight is 256 g/mol. The number of carbonyl (C=O) groups excluding carboxylic acids is 1. The molecule has 0 bridgehead atoms. The molecule has 94 valence electrons. The van der Waals surface area contributed by atoms with Crippen LogP contribution in [0.5, 0.6) is 0 Å². The van der Waals surface area contributed by atoms with Gasteiger partial charge in [0.05, 0.1) is 4.90 Å². The highest BCUT2D eigenvalue weighted by atomic mass is 32.2. The quantitative estimate of drug-likeness (QED) is 0.797. The van der Waals surface area contributed by atoms with Gasteiger partial charge < -0.3 is 9.90 Å². The van der Waals surface area contributed by atoms with E-state index in [1.165, 1.54) is 19.1 Å². The lowest BCUT2D eigenvalue weighted by molar-refractivity contribution is -0.122. The van der Waals surface area contributed by atoms with Gasteiger partial charge in [0.1, 0.15) is 5.60 Å². The van der Waals surface area contributed by atoms with E-state index in [0.29, 0.717) is 19.1 Å². The lowest BCUT2D eigenvalue weighted by Crippen LogP contribution is -2.26. The summed E-state index contributed by atoms with van der Waals surface area (Å²) in [5.74, 6) is 0. The second-order valence-corrected chi connectivity index (χ2v) is 6.41. The van der Waals surface area contributed by atoms with Crippen LogP contribution in [-0.4, -0.2) is 31.7 Å². The number of carbonyl (C=O) groups is 1.